The van der Waals surface area contributed by atoms with Gasteiger partial charge < -0.3 is 4.40 Å². The minimum atomic E-state index is 0.494. The molecule has 0 spiro atoms. The summed E-state index contributed by atoms with van der Waals surface area (Å²) in [6.07, 6.45) is 9.73. The summed E-state index contributed by atoms with van der Waals surface area (Å²) in [5, 5.41) is 4.61. The molecule has 0 bridgehead atoms. The Hall–Kier alpha value is -2.69. The van der Waals surface area contributed by atoms with Crippen LogP contribution in [0.1, 0.15) is 36.7 Å². The van der Waals surface area contributed by atoms with E-state index in [4.69, 9.17) is 0 Å². The second-order valence-corrected chi connectivity index (χ2v) is 6.18. The van der Waals surface area contributed by atoms with Crippen molar-refractivity contribution in [2.75, 3.05) is 0 Å². The van der Waals surface area contributed by atoms with Crippen LogP contribution in [0.3, 0.4) is 0 Å². The Morgan fingerprint density at radius 3 is 2.74 bits per heavy atom. The number of hydrogen-bond donors (Lipinski definition) is 0. The molecule has 0 aromatic carbocycles. The van der Waals surface area contributed by atoms with Crippen LogP contribution in [0, 0.1) is 0 Å². The summed E-state index contributed by atoms with van der Waals surface area (Å²) in [6.45, 7) is 4.37. The molecule has 0 N–H and O–H groups in total. The van der Waals surface area contributed by atoms with E-state index in [2.05, 4.69) is 53.4 Å². The molecule has 5 nitrogen and oxygen atoms in total. The molecule has 4 rings (SSSR count). The van der Waals surface area contributed by atoms with Crippen molar-refractivity contribution in [2.24, 2.45) is 0 Å². The minimum absolute atomic E-state index is 0.494. The number of nitrogens with zero attached hydrogens (tertiary/aromatic N) is 5. The summed E-state index contributed by atoms with van der Waals surface area (Å²) < 4.78 is 3.94. The van der Waals surface area contributed by atoms with Crippen LogP contribution in [0.2, 0.25) is 0 Å². The topological polar surface area (TPSA) is 47.5 Å². The summed E-state index contributed by atoms with van der Waals surface area (Å²) in [6, 6.07) is 8.34. The van der Waals surface area contributed by atoms with E-state index in [9.17, 15) is 0 Å². The second kappa shape index (κ2) is 5.50. The molecule has 5 heteroatoms. The van der Waals surface area contributed by atoms with Crippen LogP contribution in [0.4, 0.5) is 0 Å². The highest BCUT2D eigenvalue weighted by molar-refractivity contribution is 5.40. The van der Waals surface area contributed by atoms with Gasteiger partial charge in [-0.05, 0) is 35.6 Å². The molecule has 4 aromatic heterocycles. The van der Waals surface area contributed by atoms with E-state index in [1.54, 1.807) is 0 Å². The number of hydrogen-bond acceptors (Lipinski definition) is 3. The van der Waals surface area contributed by atoms with Crippen molar-refractivity contribution in [3.8, 4) is 0 Å². The third-order valence-electron chi connectivity index (χ3n) is 4.15. The first kappa shape index (κ1) is 13.9. The van der Waals surface area contributed by atoms with Crippen molar-refractivity contribution in [1.29, 1.82) is 0 Å². The zero-order valence-electron chi connectivity index (χ0n) is 13.3. The van der Waals surface area contributed by atoms with Gasteiger partial charge in [-0.25, -0.2) is 14.5 Å². The highest BCUT2D eigenvalue weighted by Gasteiger charge is 2.07. The van der Waals surface area contributed by atoms with Gasteiger partial charge in [-0.15, -0.1) is 0 Å². The van der Waals surface area contributed by atoms with Crippen molar-refractivity contribution in [2.45, 2.75) is 32.6 Å². The SMILES string of the molecule is CC(C)c1ccc2nc(CCc3ccc4nccn4c3)nn2c1. The Labute approximate surface area is 134 Å². The maximum atomic E-state index is 4.61. The first-order valence-corrected chi connectivity index (χ1v) is 7.96. The lowest BCUT2D eigenvalue weighted by Gasteiger charge is -2.03. The van der Waals surface area contributed by atoms with Gasteiger partial charge in [-0.1, -0.05) is 26.0 Å². The number of pyridine rings is 2. The second-order valence-electron chi connectivity index (χ2n) is 6.18. The lowest BCUT2D eigenvalue weighted by atomic mass is 10.1. The summed E-state index contributed by atoms with van der Waals surface area (Å²) in [4.78, 5) is 8.88. The molecule has 0 saturated carbocycles. The van der Waals surface area contributed by atoms with Crippen LogP contribution >= 0.6 is 0 Å². The predicted octanol–water partition coefficient (Wildman–Crippen LogP) is 3.29. The summed E-state index contributed by atoms with van der Waals surface area (Å²) in [7, 11) is 0. The van der Waals surface area contributed by atoms with Gasteiger partial charge in [0.25, 0.3) is 0 Å². The van der Waals surface area contributed by atoms with Crippen LogP contribution < -0.4 is 0 Å². The third kappa shape index (κ3) is 2.70. The fraction of sp³-hybridized carbons (Fsp3) is 0.278. The van der Waals surface area contributed by atoms with Crippen LogP contribution in [0.5, 0.6) is 0 Å². The van der Waals surface area contributed by atoms with Gasteiger partial charge in [0, 0.05) is 31.2 Å². The molecule has 0 unspecified atom stereocenters. The smallest absolute Gasteiger partial charge is 0.155 e. The van der Waals surface area contributed by atoms with E-state index in [0.29, 0.717) is 5.92 Å². The lowest BCUT2D eigenvalue weighted by molar-refractivity contribution is 0.809. The molecule has 0 saturated heterocycles. The van der Waals surface area contributed by atoms with Crippen LogP contribution in [0.25, 0.3) is 11.3 Å². The van der Waals surface area contributed by atoms with Gasteiger partial charge >= 0.3 is 0 Å². The highest BCUT2D eigenvalue weighted by atomic mass is 15.3. The Kier molecular flexibility index (Phi) is 3.33. The first-order chi connectivity index (χ1) is 11.2. The molecule has 0 aliphatic carbocycles. The first-order valence-electron chi connectivity index (χ1n) is 7.96. The van der Waals surface area contributed by atoms with Crippen molar-refractivity contribution in [3.63, 3.8) is 0 Å². The van der Waals surface area contributed by atoms with Crippen LogP contribution in [-0.4, -0.2) is 24.0 Å². The fourth-order valence-electron chi connectivity index (χ4n) is 2.76. The number of fused-ring (bicyclic) bond motifs is 2. The minimum Gasteiger partial charge on any atom is -0.307 e. The zero-order valence-corrected chi connectivity index (χ0v) is 13.3. The van der Waals surface area contributed by atoms with E-state index >= 15 is 0 Å². The quantitative estimate of drug-likeness (QED) is 0.581. The van der Waals surface area contributed by atoms with Gasteiger partial charge in [0.05, 0.1) is 0 Å². The molecule has 0 aliphatic rings. The standard InChI is InChI=1S/C18H19N5/c1-13(2)15-5-8-18-20-16(21-23(18)12-15)6-3-14-4-7-17-19-9-10-22(17)11-14/h4-5,7-13H,3,6H2,1-2H3. The van der Waals surface area contributed by atoms with Gasteiger partial charge in [0.2, 0.25) is 0 Å². The summed E-state index contributed by atoms with van der Waals surface area (Å²) in [5.41, 5.74) is 4.42. The third-order valence-corrected chi connectivity index (χ3v) is 4.15. The summed E-state index contributed by atoms with van der Waals surface area (Å²) >= 11 is 0. The monoisotopic (exact) mass is 305 g/mol. The van der Waals surface area contributed by atoms with Gasteiger partial charge in [0.15, 0.2) is 11.5 Å². The Bertz CT molecular complexity index is 964. The predicted molar refractivity (Wildman–Crippen MR) is 89.7 cm³/mol. The molecule has 4 heterocycles. The molecule has 0 radical (unpaired) electrons. The molecule has 0 aliphatic heterocycles. The average Bonchev–Trinajstić information content (AvgIpc) is 3.17. The molecule has 0 fully saturated rings. The lowest BCUT2D eigenvalue weighted by Crippen LogP contribution is -1.97. The van der Waals surface area contributed by atoms with Gasteiger partial charge in [-0.2, -0.15) is 5.10 Å². The Balaban J connectivity index is 1.55. The number of imidazole rings is 1. The zero-order chi connectivity index (χ0) is 15.8. The van der Waals surface area contributed by atoms with E-state index in [1.807, 2.05) is 33.4 Å². The molecular weight excluding hydrogens is 286 g/mol. The average molecular weight is 305 g/mol. The Morgan fingerprint density at radius 2 is 1.87 bits per heavy atom. The van der Waals surface area contributed by atoms with Crippen molar-refractivity contribution in [3.05, 3.63) is 66.0 Å². The van der Waals surface area contributed by atoms with Crippen LogP contribution in [0.15, 0.2) is 49.1 Å². The van der Waals surface area contributed by atoms with Gasteiger partial charge in [-0.3, -0.25) is 0 Å². The van der Waals surface area contributed by atoms with Crippen molar-refractivity contribution >= 4 is 11.3 Å². The van der Waals surface area contributed by atoms with Gasteiger partial charge in [0.1, 0.15) is 5.65 Å². The molecule has 0 atom stereocenters. The van der Waals surface area contributed by atoms with Crippen molar-refractivity contribution in [1.82, 2.24) is 24.0 Å². The number of rotatable bonds is 4. The fourth-order valence-corrected chi connectivity index (χ4v) is 2.76. The number of aromatic nitrogens is 5. The largest absolute Gasteiger partial charge is 0.307 e. The maximum Gasteiger partial charge on any atom is 0.155 e. The van der Waals surface area contributed by atoms with E-state index in [1.165, 1.54) is 11.1 Å². The molecule has 4 aromatic rings. The molecule has 23 heavy (non-hydrogen) atoms. The molecule has 0 amide bonds. The van der Waals surface area contributed by atoms with Crippen LogP contribution in [-0.2, 0) is 12.8 Å². The van der Waals surface area contributed by atoms with Crippen molar-refractivity contribution < 1.29 is 0 Å². The van der Waals surface area contributed by atoms with E-state index in [0.717, 1.165) is 30.0 Å². The maximum absolute atomic E-state index is 4.61. The van der Waals surface area contributed by atoms with E-state index < -0.39 is 0 Å². The normalized spacial score (nSPS) is 11.8. The molecule has 116 valence electrons. The molecular formula is C18H19N5. The highest BCUT2D eigenvalue weighted by Crippen LogP contribution is 2.15. The number of aryl methyl sites for hydroxylation is 2. The van der Waals surface area contributed by atoms with E-state index in [-0.39, 0.29) is 0 Å². The summed E-state index contributed by atoms with van der Waals surface area (Å²) in [5.74, 6) is 1.38. The Morgan fingerprint density at radius 1 is 1.00 bits per heavy atom.